The summed E-state index contributed by atoms with van der Waals surface area (Å²) in [5.41, 5.74) is 1.31. The van der Waals surface area contributed by atoms with E-state index in [0.717, 1.165) is 5.56 Å². The minimum Gasteiger partial charge on any atom is -0.481 e. The van der Waals surface area contributed by atoms with E-state index in [1.165, 1.54) is 0 Å². The molecular formula is C16H21ClN4O3. The lowest BCUT2D eigenvalue weighted by Gasteiger charge is -2.18. The van der Waals surface area contributed by atoms with Gasteiger partial charge in [0.25, 0.3) is 0 Å². The summed E-state index contributed by atoms with van der Waals surface area (Å²) < 4.78 is 0. The molecule has 24 heavy (non-hydrogen) atoms. The van der Waals surface area contributed by atoms with Gasteiger partial charge in [-0.3, -0.25) is 9.89 Å². The Balaban J connectivity index is 1.74. The number of carboxylic acids is 1. The van der Waals surface area contributed by atoms with Crippen LogP contribution in [0.1, 0.15) is 24.3 Å². The molecule has 2 rings (SSSR count). The Morgan fingerprint density at radius 1 is 1.38 bits per heavy atom. The lowest BCUT2D eigenvalue weighted by Crippen LogP contribution is -2.35. The number of aromatic nitrogens is 2. The molecule has 5 N–H and O–H groups in total. The number of hydrogen-bond donors (Lipinski definition) is 5. The van der Waals surface area contributed by atoms with E-state index in [1.807, 2.05) is 13.0 Å². The number of aliphatic hydroxyl groups is 1. The first-order valence-corrected chi connectivity index (χ1v) is 7.98. The fourth-order valence-corrected chi connectivity index (χ4v) is 2.38. The number of nitrogens with one attached hydrogen (secondary N) is 3. The van der Waals surface area contributed by atoms with Crippen LogP contribution < -0.4 is 10.6 Å². The first-order valence-electron chi connectivity index (χ1n) is 7.61. The molecule has 0 saturated heterocycles. The van der Waals surface area contributed by atoms with Crippen molar-refractivity contribution in [1.29, 1.82) is 0 Å². The number of carboxylic acid groups (broad SMARTS) is 1. The van der Waals surface area contributed by atoms with Gasteiger partial charge in [-0.1, -0.05) is 23.7 Å². The molecule has 0 aliphatic carbocycles. The Hall–Kier alpha value is -2.09. The molecule has 0 amide bonds. The minimum absolute atomic E-state index is 0.0819. The van der Waals surface area contributed by atoms with Crippen LogP contribution in [-0.2, 0) is 11.2 Å². The van der Waals surface area contributed by atoms with E-state index < -0.39 is 12.1 Å². The molecule has 0 aliphatic rings. The zero-order chi connectivity index (χ0) is 17.5. The van der Waals surface area contributed by atoms with Gasteiger partial charge in [-0.15, -0.1) is 0 Å². The molecule has 0 radical (unpaired) electrons. The second kappa shape index (κ2) is 8.68. The molecule has 0 bridgehead atoms. The Morgan fingerprint density at radius 3 is 2.88 bits per heavy atom. The molecule has 0 unspecified atom stereocenters. The SMILES string of the molecule is C[C@H](CNc1cc(CC(=O)O)[nH]n1)NC[C@H](O)c1cccc(Cl)c1. The molecule has 7 nitrogen and oxygen atoms in total. The first-order chi connectivity index (χ1) is 11.4. The van der Waals surface area contributed by atoms with E-state index in [0.29, 0.717) is 29.6 Å². The van der Waals surface area contributed by atoms with Crippen LogP contribution in [0.25, 0.3) is 0 Å². The number of halogens is 1. The quantitative estimate of drug-likeness (QED) is 0.471. The van der Waals surface area contributed by atoms with Crippen molar-refractivity contribution in [3.05, 3.63) is 46.6 Å². The standard InChI is InChI=1S/C16H21ClN4O3/c1-10(8-19-15-6-13(20-21-15)7-16(23)24)18-9-14(22)11-3-2-4-12(17)5-11/h2-6,10,14,18,22H,7-9H2,1H3,(H,23,24)(H2,19,20,21)/t10-,14+/m1/s1. The number of aliphatic hydroxyl groups excluding tert-OH is 1. The number of anilines is 1. The molecule has 8 heteroatoms. The zero-order valence-electron chi connectivity index (χ0n) is 13.3. The number of H-pyrrole nitrogens is 1. The van der Waals surface area contributed by atoms with Gasteiger partial charge >= 0.3 is 5.97 Å². The number of rotatable bonds is 9. The fourth-order valence-electron chi connectivity index (χ4n) is 2.18. The monoisotopic (exact) mass is 352 g/mol. The third kappa shape index (κ3) is 5.84. The van der Waals surface area contributed by atoms with Crippen LogP contribution in [0.3, 0.4) is 0 Å². The maximum absolute atomic E-state index is 10.6. The molecule has 0 aliphatic heterocycles. The van der Waals surface area contributed by atoms with E-state index in [-0.39, 0.29) is 12.5 Å². The maximum atomic E-state index is 10.6. The van der Waals surface area contributed by atoms with Gasteiger partial charge in [0.05, 0.1) is 12.5 Å². The number of nitrogens with zero attached hydrogens (tertiary/aromatic N) is 1. The van der Waals surface area contributed by atoms with Crippen molar-refractivity contribution in [1.82, 2.24) is 15.5 Å². The van der Waals surface area contributed by atoms with Crippen molar-refractivity contribution in [2.24, 2.45) is 0 Å². The van der Waals surface area contributed by atoms with E-state index in [4.69, 9.17) is 16.7 Å². The lowest BCUT2D eigenvalue weighted by molar-refractivity contribution is -0.136. The van der Waals surface area contributed by atoms with Gasteiger partial charge in [0.2, 0.25) is 0 Å². The smallest absolute Gasteiger partial charge is 0.309 e. The molecule has 130 valence electrons. The summed E-state index contributed by atoms with van der Waals surface area (Å²) in [6, 6.07) is 8.89. The highest BCUT2D eigenvalue weighted by Crippen LogP contribution is 2.17. The third-order valence-corrected chi connectivity index (χ3v) is 3.69. The number of aliphatic carboxylic acids is 1. The Labute approximate surface area is 145 Å². The largest absolute Gasteiger partial charge is 0.481 e. The van der Waals surface area contributed by atoms with Crippen LogP contribution in [0.5, 0.6) is 0 Å². The summed E-state index contributed by atoms with van der Waals surface area (Å²) in [6.07, 6.45) is -0.729. The highest BCUT2D eigenvalue weighted by Gasteiger charge is 2.11. The Morgan fingerprint density at radius 2 is 2.17 bits per heavy atom. The van der Waals surface area contributed by atoms with Crippen molar-refractivity contribution < 1.29 is 15.0 Å². The highest BCUT2D eigenvalue weighted by molar-refractivity contribution is 6.30. The highest BCUT2D eigenvalue weighted by atomic mass is 35.5. The Kier molecular flexibility index (Phi) is 6.60. The van der Waals surface area contributed by atoms with Crippen LogP contribution in [0.2, 0.25) is 5.02 Å². The zero-order valence-corrected chi connectivity index (χ0v) is 14.0. The predicted octanol–water partition coefficient (Wildman–Crippen LogP) is 1.81. The predicted molar refractivity (Wildman–Crippen MR) is 92.3 cm³/mol. The first kappa shape index (κ1) is 18.3. The van der Waals surface area contributed by atoms with Gasteiger partial charge in [0.15, 0.2) is 0 Å². The van der Waals surface area contributed by atoms with Crippen molar-refractivity contribution >= 4 is 23.4 Å². The van der Waals surface area contributed by atoms with Crippen molar-refractivity contribution in [2.75, 3.05) is 18.4 Å². The van der Waals surface area contributed by atoms with Crippen LogP contribution in [0.4, 0.5) is 5.82 Å². The molecule has 2 atom stereocenters. The van der Waals surface area contributed by atoms with Crippen molar-refractivity contribution in [3.8, 4) is 0 Å². The number of hydrogen-bond acceptors (Lipinski definition) is 5. The molecule has 0 saturated carbocycles. The topological polar surface area (TPSA) is 110 Å². The summed E-state index contributed by atoms with van der Waals surface area (Å²) >= 11 is 5.91. The fraction of sp³-hybridized carbons (Fsp3) is 0.375. The average molecular weight is 353 g/mol. The molecule has 2 aromatic rings. The molecule has 0 spiro atoms. The van der Waals surface area contributed by atoms with Crippen LogP contribution >= 0.6 is 11.6 Å². The average Bonchev–Trinajstić information content (AvgIpc) is 2.97. The van der Waals surface area contributed by atoms with E-state index in [2.05, 4.69) is 20.8 Å². The molecule has 1 heterocycles. The third-order valence-electron chi connectivity index (χ3n) is 3.46. The van der Waals surface area contributed by atoms with E-state index in [9.17, 15) is 9.90 Å². The summed E-state index contributed by atoms with van der Waals surface area (Å²) in [4.78, 5) is 10.6. The normalized spacial score (nSPS) is 13.5. The molecule has 1 aromatic carbocycles. The second-order valence-corrected chi connectivity index (χ2v) is 6.05. The molecule has 1 aromatic heterocycles. The Bertz CT molecular complexity index is 677. The maximum Gasteiger partial charge on any atom is 0.309 e. The summed E-state index contributed by atoms with van der Waals surface area (Å²) in [5, 5.41) is 32.5. The van der Waals surface area contributed by atoms with Gasteiger partial charge < -0.3 is 20.8 Å². The number of benzene rings is 1. The van der Waals surface area contributed by atoms with Gasteiger partial charge in [0, 0.05) is 35.9 Å². The van der Waals surface area contributed by atoms with Gasteiger partial charge in [-0.25, -0.2) is 0 Å². The van der Waals surface area contributed by atoms with E-state index in [1.54, 1.807) is 24.3 Å². The van der Waals surface area contributed by atoms with Crippen molar-refractivity contribution in [3.63, 3.8) is 0 Å². The van der Waals surface area contributed by atoms with Gasteiger partial charge in [-0.05, 0) is 24.6 Å². The van der Waals surface area contributed by atoms with E-state index >= 15 is 0 Å². The van der Waals surface area contributed by atoms with Crippen LogP contribution in [0.15, 0.2) is 30.3 Å². The lowest BCUT2D eigenvalue weighted by atomic mass is 10.1. The number of aromatic amines is 1. The summed E-state index contributed by atoms with van der Waals surface area (Å²) in [7, 11) is 0. The van der Waals surface area contributed by atoms with Crippen LogP contribution in [0, 0.1) is 0 Å². The summed E-state index contributed by atoms with van der Waals surface area (Å²) in [5.74, 6) is -0.314. The number of carbonyl (C=O) groups is 1. The van der Waals surface area contributed by atoms with Gasteiger partial charge in [-0.2, -0.15) is 5.10 Å². The summed E-state index contributed by atoms with van der Waals surface area (Å²) in [6.45, 7) is 2.95. The second-order valence-electron chi connectivity index (χ2n) is 5.61. The molecular weight excluding hydrogens is 332 g/mol. The van der Waals surface area contributed by atoms with Crippen LogP contribution in [-0.4, -0.2) is 45.5 Å². The molecule has 0 fully saturated rings. The minimum atomic E-state index is -0.907. The van der Waals surface area contributed by atoms with Gasteiger partial charge in [0.1, 0.15) is 5.82 Å². The van der Waals surface area contributed by atoms with Crippen molar-refractivity contribution in [2.45, 2.75) is 25.5 Å².